The quantitative estimate of drug-likeness (QED) is 0.694. The van der Waals surface area contributed by atoms with Gasteiger partial charge in [-0.05, 0) is 25.7 Å². The van der Waals surface area contributed by atoms with Gasteiger partial charge in [-0.3, -0.25) is 0 Å². The van der Waals surface area contributed by atoms with E-state index in [-0.39, 0.29) is 24.4 Å². The predicted octanol–water partition coefficient (Wildman–Crippen LogP) is -0.178. The number of nitrogens with one attached hydrogen (secondary N) is 1. The summed E-state index contributed by atoms with van der Waals surface area (Å²) in [5.41, 5.74) is 5.74. The van der Waals surface area contributed by atoms with Crippen LogP contribution >= 0.6 is 0 Å². The summed E-state index contributed by atoms with van der Waals surface area (Å²) in [4.78, 5) is 0. The lowest BCUT2D eigenvalue weighted by Crippen LogP contribution is -2.41. The minimum atomic E-state index is -3.18. The zero-order valence-corrected chi connectivity index (χ0v) is 9.92. The van der Waals surface area contributed by atoms with Crippen LogP contribution < -0.4 is 10.5 Å². The van der Waals surface area contributed by atoms with Gasteiger partial charge in [-0.15, -0.1) is 0 Å². The van der Waals surface area contributed by atoms with Gasteiger partial charge in [-0.25, -0.2) is 13.1 Å². The Hall–Kier alpha value is -0.170. The van der Waals surface area contributed by atoms with Crippen LogP contribution in [0.15, 0.2) is 0 Å². The average Bonchev–Trinajstić information content (AvgIpc) is 2.18. The third-order valence-electron chi connectivity index (χ3n) is 2.67. The normalized spacial score (nSPS) is 27.9. The smallest absolute Gasteiger partial charge is 0.214 e. The lowest BCUT2D eigenvalue weighted by molar-refractivity contribution is 0.216. The van der Waals surface area contributed by atoms with Crippen molar-refractivity contribution in [3.8, 4) is 0 Å². The standard InChI is InChI=1S/C9H20N2O3S/c1-14-6-7-15(12,13)11-9-4-2-8(10)3-5-9/h8-9,11H,2-7,10H2,1H3. The second-order valence-corrected chi connectivity index (χ2v) is 5.91. The van der Waals surface area contributed by atoms with E-state index in [0.717, 1.165) is 25.7 Å². The van der Waals surface area contributed by atoms with Gasteiger partial charge in [0.05, 0.1) is 12.4 Å². The second-order valence-electron chi connectivity index (χ2n) is 4.04. The summed E-state index contributed by atoms with van der Waals surface area (Å²) in [6.07, 6.45) is 3.48. The maximum atomic E-state index is 11.5. The van der Waals surface area contributed by atoms with Crippen molar-refractivity contribution in [2.24, 2.45) is 5.73 Å². The van der Waals surface area contributed by atoms with E-state index in [1.165, 1.54) is 7.11 Å². The number of nitrogens with two attached hydrogens (primary N) is 1. The molecule has 1 fully saturated rings. The fourth-order valence-corrected chi connectivity index (χ4v) is 2.99. The highest BCUT2D eigenvalue weighted by molar-refractivity contribution is 7.89. The summed E-state index contributed by atoms with van der Waals surface area (Å²) < 4.78 is 30.5. The fourth-order valence-electron chi connectivity index (χ4n) is 1.74. The van der Waals surface area contributed by atoms with E-state index in [1.54, 1.807) is 0 Å². The molecule has 0 unspecified atom stereocenters. The average molecular weight is 236 g/mol. The molecule has 1 aliphatic carbocycles. The summed E-state index contributed by atoms with van der Waals surface area (Å²) in [5, 5.41) is 0. The third-order valence-corrected chi connectivity index (χ3v) is 4.07. The van der Waals surface area contributed by atoms with E-state index in [1.807, 2.05) is 0 Å². The Kier molecular flexibility index (Phi) is 4.98. The summed E-state index contributed by atoms with van der Waals surface area (Å²) in [6.45, 7) is 0.238. The van der Waals surface area contributed by atoms with E-state index in [0.29, 0.717) is 0 Å². The van der Waals surface area contributed by atoms with Gasteiger partial charge < -0.3 is 10.5 Å². The molecule has 0 aromatic heterocycles. The molecule has 0 aliphatic heterocycles. The maximum Gasteiger partial charge on any atom is 0.214 e. The first-order valence-electron chi connectivity index (χ1n) is 5.28. The maximum absolute atomic E-state index is 11.5. The van der Waals surface area contributed by atoms with Gasteiger partial charge in [-0.2, -0.15) is 0 Å². The number of sulfonamides is 1. The topological polar surface area (TPSA) is 81.4 Å². The number of methoxy groups -OCH3 is 1. The summed E-state index contributed by atoms with van der Waals surface area (Å²) >= 11 is 0. The van der Waals surface area contributed by atoms with Crippen molar-refractivity contribution in [2.45, 2.75) is 37.8 Å². The van der Waals surface area contributed by atoms with Gasteiger partial charge in [0.1, 0.15) is 0 Å². The van der Waals surface area contributed by atoms with Crippen molar-refractivity contribution in [3.05, 3.63) is 0 Å². The molecule has 3 N–H and O–H groups in total. The fraction of sp³-hybridized carbons (Fsp3) is 1.00. The van der Waals surface area contributed by atoms with Crippen molar-refractivity contribution in [1.29, 1.82) is 0 Å². The molecule has 5 nitrogen and oxygen atoms in total. The molecule has 6 heteroatoms. The number of rotatable bonds is 5. The molecule has 0 amide bonds. The molecule has 0 radical (unpaired) electrons. The van der Waals surface area contributed by atoms with Gasteiger partial charge in [0.25, 0.3) is 0 Å². The molecule has 1 aliphatic rings. The van der Waals surface area contributed by atoms with E-state index < -0.39 is 10.0 Å². The van der Waals surface area contributed by atoms with Crippen LogP contribution in [0, 0.1) is 0 Å². The second kappa shape index (κ2) is 5.79. The Morgan fingerprint density at radius 2 is 1.93 bits per heavy atom. The minimum absolute atomic E-state index is 0.0338. The summed E-state index contributed by atoms with van der Waals surface area (Å²) in [7, 11) is -1.68. The third kappa shape index (κ3) is 4.92. The van der Waals surface area contributed by atoms with Crippen molar-refractivity contribution in [3.63, 3.8) is 0 Å². The first kappa shape index (κ1) is 12.9. The van der Waals surface area contributed by atoms with Gasteiger partial charge in [0, 0.05) is 19.2 Å². The van der Waals surface area contributed by atoms with Crippen LogP contribution in [0.25, 0.3) is 0 Å². The van der Waals surface area contributed by atoms with Gasteiger partial charge in [0.2, 0.25) is 10.0 Å². The van der Waals surface area contributed by atoms with Crippen molar-refractivity contribution in [2.75, 3.05) is 19.5 Å². The number of hydrogen-bond donors (Lipinski definition) is 2. The molecule has 0 bridgehead atoms. The Morgan fingerprint density at radius 3 is 2.47 bits per heavy atom. The van der Waals surface area contributed by atoms with Crippen molar-refractivity contribution < 1.29 is 13.2 Å². The monoisotopic (exact) mass is 236 g/mol. The molecular formula is C9H20N2O3S. The highest BCUT2D eigenvalue weighted by atomic mass is 32.2. The van der Waals surface area contributed by atoms with Crippen LogP contribution in [0.3, 0.4) is 0 Å². The number of ether oxygens (including phenoxy) is 1. The molecule has 90 valence electrons. The van der Waals surface area contributed by atoms with Crippen LogP contribution in [0.1, 0.15) is 25.7 Å². The SMILES string of the molecule is COCCS(=O)(=O)NC1CCC(N)CC1. The van der Waals surface area contributed by atoms with E-state index in [9.17, 15) is 8.42 Å². The Morgan fingerprint density at radius 1 is 1.33 bits per heavy atom. The largest absolute Gasteiger partial charge is 0.384 e. The zero-order valence-electron chi connectivity index (χ0n) is 9.11. The van der Waals surface area contributed by atoms with Gasteiger partial charge in [0.15, 0.2) is 0 Å². The molecule has 0 aromatic carbocycles. The minimum Gasteiger partial charge on any atom is -0.384 e. The molecule has 15 heavy (non-hydrogen) atoms. The lowest BCUT2D eigenvalue weighted by atomic mass is 9.93. The molecule has 0 heterocycles. The lowest BCUT2D eigenvalue weighted by Gasteiger charge is -2.26. The summed E-state index contributed by atoms with van der Waals surface area (Å²) in [5.74, 6) is 0.0338. The molecule has 0 atom stereocenters. The predicted molar refractivity (Wildman–Crippen MR) is 59.0 cm³/mol. The molecule has 0 aromatic rings. The van der Waals surface area contributed by atoms with Crippen LogP contribution in [-0.4, -0.2) is 40.0 Å². The first-order valence-corrected chi connectivity index (χ1v) is 6.93. The van der Waals surface area contributed by atoms with Crippen LogP contribution in [0.4, 0.5) is 0 Å². The summed E-state index contributed by atoms with van der Waals surface area (Å²) in [6, 6.07) is 0.302. The molecular weight excluding hydrogens is 216 g/mol. The van der Waals surface area contributed by atoms with Crippen molar-refractivity contribution in [1.82, 2.24) is 4.72 Å². The van der Waals surface area contributed by atoms with Gasteiger partial charge in [-0.1, -0.05) is 0 Å². The molecule has 0 spiro atoms. The Labute approximate surface area is 91.4 Å². The molecule has 0 saturated heterocycles. The van der Waals surface area contributed by atoms with Crippen LogP contribution in [0.2, 0.25) is 0 Å². The Balaban J connectivity index is 2.34. The van der Waals surface area contributed by atoms with Gasteiger partial charge >= 0.3 is 0 Å². The molecule has 1 rings (SSSR count). The van der Waals surface area contributed by atoms with Crippen molar-refractivity contribution >= 4 is 10.0 Å². The highest BCUT2D eigenvalue weighted by Gasteiger charge is 2.22. The zero-order chi connectivity index (χ0) is 11.3. The Bertz CT molecular complexity index is 271. The van der Waals surface area contributed by atoms with Crippen LogP contribution in [0.5, 0.6) is 0 Å². The van der Waals surface area contributed by atoms with E-state index in [2.05, 4.69) is 4.72 Å². The number of hydrogen-bond acceptors (Lipinski definition) is 4. The van der Waals surface area contributed by atoms with E-state index >= 15 is 0 Å². The van der Waals surface area contributed by atoms with Crippen LogP contribution in [-0.2, 0) is 14.8 Å². The first-order chi connectivity index (χ1) is 7.03. The highest BCUT2D eigenvalue weighted by Crippen LogP contribution is 2.17. The van der Waals surface area contributed by atoms with E-state index in [4.69, 9.17) is 10.5 Å². The molecule has 1 saturated carbocycles.